The maximum atomic E-state index is 12.4. The Morgan fingerprint density at radius 2 is 1.85 bits per heavy atom. The third-order valence-corrected chi connectivity index (χ3v) is 3.94. The van der Waals surface area contributed by atoms with E-state index in [4.69, 9.17) is 9.47 Å². The van der Waals surface area contributed by atoms with E-state index in [-0.39, 0.29) is 19.6 Å². The van der Waals surface area contributed by atoms with Crippen molar-refractivity contribution >= 4 is 18.5 Å². The van der Waals surface area contributed by atoms with Crippen LogP contribution in [-0.4, -0.2) is 59.5 Å². The number of carbonyl (C=O) groups excluding carboxylic acids is 3. The van der Waals surface area contributed by atoms with E-state index in [1.807, 2.05) is 30.3 Å². The molecule has 0 aromatic heterocycles. The second kappa shape index (κ2) is 8.69. The van der Waals surface area contributed by atoms with Gasteiger partial charge in [-0.1, -0.05) is 30.3 Å². The van der Waals surface area contributed by atoms with Gasteiger partial charge in [-0.2, -0.15) is 0 Å². The molecule has 2 amide bonds. The lowest BCUT2D eigenvalue weighted by Crippen LogP contribution is -2.57. The van der Waals surface area contributed by atoms with Crippen LogP contribution in [0.2, 0.25) is 0 Å². The molecule has 0 spiro atoms. The summed E-state index contributed by atoms with van der Waals surface area (Å²) in [6, 6.07) is 8.96. The Morgan fingerprint density at radius 1 is 1.15 bits per heavy atom. The fourth-order valence-corrected chi connectivity index (χ4v) is 2.70. The highest BCUT2D eigenvalue weighted by molar-refractivity contribution is 5.71. The summed E-state index contributed by atoms with van der Waals surface area (Å²) in [5, 5.41) is 0. The number of aldehydes is 1. The maximum absolute atomic E-state index is 12.4. The second-order valence-corrected chi connectivity index (χ2v) is 7.22. The molecule has 1 atom stereocenters. The normalized spacial score (nSPS) is 17.6. The largest absolute Gasteiger partial charge is 0.445 e. The molecule has 1 heterocycles. The van der Waals surface area contributed by atoms with Crippen molar-refractivity contribution in [2.75, 3.05) is 19.6 Å². The van der Waals surface area contributed by atoms with Crippen LogP contribution < -0.4 is 0 Å². The van der Waals surface area contributed by atoms with Gasteiger partial charge in [0, 0.05) is 26.1 Å². The second-order valence-electron chi connectivity index (χ2n) is 7.22. The van der Waals surface area contributed by atoms with Gasteiger partial charge < -0.3 is 24.1 Å². The summed E-state index contributed by atoms with van der Waals surface area (Å²) in [6.07, 6.45) is -0.0317. The van der Waals surface area contributed by atoms with Gasteiger partial charge >= 0.3 is 12.2 Å². The van der Waals surface area contributed by atoms with Gasteiger partial charge in [0.25, 0.3) is 0 Å². The molecule has 1 aromatic rings. The fraction of sp³-hybridized carbons (Fsp3) is 0.526. The lowest BCUT2D eigenvalue weighted by atomic mass is 10.1. The third-order valence-electron chi connectivity index (χ3n) is 3.94. The van der Waals surface area contributed by atoms with Crippen molar-refractivity contribution in [1.82, 2.24) is 9.80 Å². The molecule has 1 saturated heterocycles. The predicted molar refractivity (Wildman–Crippen MR) is 95.6 cm³/mol. The smallest absolute Gasteiger partial charge is 0.410 e. The topological polar surface area (TPSA) is 76.2 Å². The number of nitrogens with zero attached hydrogens (tertiary/aromatic N) is 2. The van der Waals surface area contributed by atoms with E-state index in [9.17, 15) is 14.4 Å². The van der Waals surface area contributed by atoms with Crippen LogP contribution in [-0.2, 0) is 20.9 Å². The van der Waals surface area contributed by atoms with Crippen LogP contribution >= 0.6 is 0 Å². The predicted octanol–water partition coefficient (Wildman–Crippen LogP) is 2.83. The molecule has 0 radical (unpaired) electrons. The maximum Gasteiger partial charge on any atom is 0.410 e. The molecular formula is C19H26N2O5. The van der Waals surface area contributed by atoms with Crippen LogP contribution in [0, 0.1) is 0 Å². The Labute approximate surface area is 153 Å². The quantitative estimate of drug-likeness (QED) is 0.770. The number of ether oxygens (including phenoxy) is 2. The minimum Gasteiger partial charge on any atom is -0.445 e. The zero-order valence-electron chi connectivity index (χ0n) is 15.5. The fourth-order valence-electron chi connectivity index (χ4n) is 2.70. The van der Waals surface area contributed by atoms with Gasteiger partial charge in [-0.3, -0.25) is 0 Å². The van der Waals surface area contributed by atoms with E-state index in [1.54, 1.807) is 20.8 Å². The molecule has 7 nitrogen and oxygen atoms in total. The lowest BCUT2D eigenvalue weighted by molar-refractivity contribution is -0.109. The van der Waals surface area contributed by atoms with Gasteiger partial charge in [-0.25, -0.2) is 9.59 Å². The molecule has 1 aliphatic heterocycles. The summed E-state index contributed by atoms with van der Waals surface area (Å²) in [5.41, 5.74) is 0.295. The van der Waals surface area contributed by atoms with Gasteiger partial charge in [0.2, 0.25) is 0 Å². The van der Waals surface area contributed by atoms with Crippen molar-refractivity contribution < 1.29 is 23.9 Å². The van der Waals surface area contributed by atoms with Crippen LogP contribution in [0.4, 0.5) is 9.59 Å². The van der Waals surface area contributed by atoms with Crippen LogP contribution in [0.25, 0.3) is 0 Å². The van der Waals surface area contributed by atoms with Crippen LogP contribution in [0.15, 0.2) is 30.3 Å². The van der Waals surface area contributed by atoms with Gasteiger partial charge in [0.15, 0.2) is 0 Å². The monoisotopic (exact) mass is 362 g/mol. The molecule has 0 bridgehead atoms. The van der Waals surface area contributed by atoms with Gasteiger partial charge in [0.1, 0.15) is 18.5 Å². The van der Waals surface area contributed by atoms with Crippen LogP contribution in [0.1, 0.15) is 32.8 Å². The first-order chi connectivity index (χ1) is 12.3. The average Bonchev–Trinajstić information content (AvgIpc) is 2.59. The van der Waals surface area contributed by atoms with Gasteiger partial charge in [-0.15, -0.1) is 0 Å². The molecule has 1 aromatic carbocycles. The van der Waals surface area contributed by atoms with E-state index in [2.05, 4.69) is 0 Å². The molecule has 0 N–H and O–H groups in total. The number of benzene rings is 1. The molecule has 1 unspecified atom stereocenters. The number of hydrogen-bond donors (Lipinski definition) is 0. The van der Waals surface area contributed by atoms with E-state index in [0.29, 0.717) is 13.1 Å². The highest BCUT2D eigenvalue weighted by Gasteiger charge is 2.34. The van der Waals surface area contributed by atoms with E-state index in [1.165, 1.54) is 9.80 Å². The summed E-state index contributed by atoms with van der Waals surface area (Å²) < 4.78 is 10.7. The zero-order chi connectivity index (χ0) is 19.2. The molecule has 2 rings (SSSR count). The van der Waals surface area contributed by atoms with Crippen molar-refractivity contribution in [2.24, 2.45) is 0 Å². The third kappa shape index (κ3) is 5.75. The first-order valence-corrected chi connectivity index (χ1v) is 8.69. The van der Waals surface area contributed by atoms with E-state index >= 15 is 0 Å². The molecule has 26 heavy (non-hydrogen) atoms. The van der Waals surface area contributed by atoms with Crippen molar-refractivity contribution in [1.29, 1.82) is 0 Å². The number of carbonyl (C=O) groups is 3. The van der Waals surface area contributed by atoms with Crippen LogP contribution in [0.3, 0.4) is 0 Å². The highest BCUT2D eigenvalue weighted by Crippen LogP contribution is 2.18. The number of piperazine rings is 1. The minimum absolute atomic E-state index is 0.139. The summed E-state index contributed by atoms with van der Waals surface area (Å²) in [6.45, 7) is 6.44. The van der Waals surface area contributed by atoms with Crippen molar-refractivity contribution in [3.63, 3.8) is 0 Å². The Balaban J connectivity index is 1.95. The number of rotatable bonds is 4. The first-order valence-electron chi connectivity index (χ1n) is 8.69. The minimum atomic E-state index is -0.594. The van der Waals surface area contributed by atoms with Crippen LogP contribution in [0.5, 0.6) is 0 Å². The molecule has 1 aliphatic rings. The molecular weight excluding hydrogens is 336 g/mol. The van der Waals surface area contributed by atoms with Crippen molar-refractivity contribution in [3.05, 3.63) is 35.9 Å². The van der Waals surface area contributed by atoms with Gasteiger partial charge in [-0.05, 0) is 26.3 Å². The Kier molecular flexibility index (Phi) is 6.60. The molecule has 0 aliphatic carbocycles. The van der Waals surface area contributed by atoms with E-state index in [0.717, 1.165) is 11.8 Å². The Morgan fingerprint density at radius 3 is 2.46 bits per heavy atom. The van der Waals surface area contributed by atoms with E-state index < -0.39 is 23.8 Å². The molecule has 0 saturated carbocycles. The standard InChI is InChI=1S/C19H26N2O5/c1-19(2,3)26-17(23)20-10-11-21(16(13-20)9-12-22)18(24)25-14-15-7-5-4-6-8-15/h4-8,12,16H,9-11,13-14H2,1-3H3. The summed E-state index contributed by atoms with van der Waals surface area (Å²) >= 11 is 0. The van der Waals surface area contributed by atoms with Crippen molar-refractivity contribution in [2.45, 2.75) is 45.4 Å². The number of amides is 2. The Bertz CT molecular complexity index is 627. The number of hydrogen-bond acceptors (Lipinski definition) is 5. The molecule has 1 fully saturated rings. The highest BCUT2D eigenvalue weighted by atomic mass is 16.6. The van der Waals surface area contributed by atoms with Crippen molar-refractivity contribution in [3.8, 4) is 0 Å². The summed E-state index contributed by atoms with van der Waals surface area (Å²) in [7, 11) is 0. The zero-order valence-corrected chi connectivity index (χ0v) is 15.5. The molecule has 7 heteroatoms. The van der Waals surface area contributed by atoms with Gasteiger partial charge in [0.05, 0.1) is 6.04 Å². The molecule has 142 valence electrons. The SMILES string of the molecule is CC(C)(C)OC(=O)N1CCN(C(=O)OCc2ccccc2)C(CC=O)C1. The Hall–Kier alpha value is -2.57. The first kappa shape index (κ1) is 19.8. The lowest BCUT2D eigenvalue weighted by Gasteiger charge is -2.40. The average molecular weight is 362 g/mol. The summed E-state index contributed by atoms with van der Waals surface area (Å²) in [4.78, 5) is 38.7. The summed E-state index contributed by atoms with van der Waals surface area (Å²) in [5.74, 6) is 0.